The molecule has 0 unspecified atom stereocenters. The van der Waals surface area contributed by atoms with Crippen LogP contribution in [0.2, 0.25) is 5.02 Å². The van der Waals surface area contributed by atoms with E-state index in [0.29, 0.717) is 17.3 Å². The molecule has 106 valence electrons. The Hall–Kier alpha value is -1.49. The Labute approximate surface area is 118 Å². The van der Waals surface area contributed by atoms with Gasteiger partial charge < -0.3 is 14.2 Å². The third kappa shape index (κ3) is 3.73. The van der Waals surface area contributed by atoms with Crippen LogP contribution in [0.25, 0.3) is 0 Å². The maximum Gasteiger partial charge on any atom is 0.325 e. The van der Waals surface area contributed by atoms with Gasteiger partial charge in [0.15, 0.2) is 0 Å². The number of ether oxygens (including phenoxy) is 1. The number of likely N-dealkylation sites (N-methyl/N-ethyl adjacent to an activating group) is 1. The van der Waals surface area contributed by atoms with Crippen LogP contribution < -0.4 is 0 Å². The number of hydrogen-bond donors (Lipinski definition) is 0. The highest BCUT2D eigenvalue weighted by Crippen LogP contribution is 2.20. The van der Waals surface area contributed by atoms with E-state index in [4.69, 9.17) is 11.6 Å². The van der Waals surface area contributed by atoms with E-state index in [1.54, 1.807) is 16.8 Å². The van der Waals surface area contributed by atoms with Crippen molar-refractivity contribution in [1.29, 1.82) is 0 Å². The molecule has 0 saturated carbocycles. The lowest BCUT2D eigenvalue weighted by Gasteiger charge is -2.21. The van der Waals surface area contributed by atoms with Crippen LogP contribution in [-0.4, -0.2) is 41.5 Å². The molecule has 1 aromatic heterocycles. The Morgan fingerprint density at radius 2 is 2.11 bits per heavy atom. The first-order valence-corrected chi connectivity index (χ1v) is 6.52. The van der Waals surface area contributed by atoms with E-state index in [0.717, 1.165) is 0 Å². The monoisotopic (exact) mass is 286 g/mol. The number of amides is 1. The maximum atomic E-state index is 12.4. The van der Waals surface area contributed by atoms with Gasteiger partial charge >= 0.3 is 5.97 Å². The Kier molecular flexibility index (Phi) is 5.42. The quantitative estimate of drug-likeness (QED) is 0.781. The van der Waals surface area contributed by atoms with E-state index in [-0.39, 0.29) is 18.5 Å². The van der Waals surface area contributed by atoms with Gasteiger partial charge in [-0.1, -0.05) is 11.6 Å². The SMILES string of the molecule is CCN(CC(=O)OC)C(=O)c1cc(Cl)cn1C(C)C. The molecule has 5 nitrogen and oxygen atoms in total. The van der Waals surface area contributed by atoms with Crippen molar-refractivity contribution in [2.24, 2.45) is 0 Å². The van der Waals surface area contributed by atoms with Crippen LogP contribution in [0.4, 0.5) is 0 Å². The van der Waals surface area contributed by atoms with E-state index in [1.165, 1.54) is 12.0 Å². The van der Waals surface area contributed by atoms with E-state index in [1.807, 2.05) is 20.8 Å². The topological polar surface area (TPSA) is 51.5 Å². The van der Waals surface area contributed by atoms with Crippen molar-refractivity contribution in [3.8, 4) is 0 Å². The van der Waals surface area contributed by atoms with Crippen molar-refractivity contribution in [2.75, 3.05) is 20.2 Å². The summed E-state index contributed by atoms with van der Waals surface area (Å²) in [6.07, 6.45) is 1.71. The molecular formula is C13H19ClN2O3. The molecule has 0 radical (unpaired) electrons. The standard InChI is InChI=1S/C13H19ClN2O3/c1-5-15(8-12(17)19-4)13(18)11-6-10(14)7-16(11)9(2)3/h6-7,9H,5,8H2,1-4H3. The lowest BCUT2D eigenvalue weighted by atomic mass is 10.3. The van der Waals surface area contributed by atoms with Gasteiger partial charge in [-0.2, -0.15) is 0 Å². The van der Waals surface area contributed by atoms with Crippen molar-refractivity contribution in [3.63, 3.8) is 0 Å². The van der Waals surface area contributed by atoms with E-state index in [9.17, 15) is 9.59 Å². The van der Waals surface area contributed by atoms with E-state index in [2.05, 4.69) is 4.74 Å². The van der Waals surface area contributed by atoms with Crippen LogP contribution in [0.1, 0.15) is 37.3 Å². The van der Waals surface area contributed by atoms with Gasteiger partial charge in [0.05, 0.1) is 12.1 Å². The number of carbonyl (C=O) groups excluding carboxylic acids is 2. The molecule has 0 aliphatic heterocycles. The van der Waals surface area contributed by atoms with Gasteiger partial charge in [0.2, 0.25) is 0 Å². The Morgan fingerprint density at radius 1 is 1.47 bits per heavy atom. The molecule has 0 spiro atoms. The minimum atomic E-state index is -0.441. The van der Waals surface area contributed by atoms with Crippen LogP contribution in [0.15, 0.2) is 12.3 Å². The summed E-state index contributed by atoms with van der Waals surface area (Å²) in [5.41, 5.74) is 0.478. The largest absolute Gasteiger partial charge is 0.468 e. The summed E-state index contributed by atoms with van der Waals surface area (Å²) < 4.78 is 6.38. The fourth-order valence-corrected chi connectivity index (χ4v) is 1.96. The zero-order chi connectivity index (χ0) is 14.6. The first kappa shape index (κ1) is 15.6. The van der Waals surface area contributed by atoms with Crippen molar-refractivity contribution >= 4 is 23.5 Å². The third-order valence-electron chi connectivity index (χ3n) is 2.81. The molecule has 1 heterocycles. The lowest BCUT2D eigenvalue weighted by molar-refractivity contribution is -0.141. The van der Waals surface area contributed by atoms with Gasteiger partial charge in [0, 0.05) is 18.8 Å². The van der Waals surface area contributed by atoms with Gasteiger partial charge in [0.25, 0.3) is 5.91 Å². The summed E-state index contributed by atoms with van der Waals surface area (Å²) >= 11 is 5.95. The van der Waals surface area contributed by atoms with E-state index >= 15 is 0 Å². The average molecular weight is 287 g/mol. The number of rotatable bonds is 5. The summed E-state index contributed by atoms with van der Waals surface area (Å²) in [5, 5.41) is 0.506. The van der Waals surface area contributed by atoms with Crippen LogP contribution in [0, 0.1) is 0 Å². The van der Waals surface area contributed by atoms with Crippen molar-refractivity contribution in [1.82, 2.24) is 9.47 Å². The average Bonchev–Trinajstić information content (AvgIpc) is 2.77. The molecule has 0 aliphatic carbocycles. The van der Waals surface area contributed by atoms with Crippen molar-refractivity contribution < 1.29 is 14.3 Å². The highest BCUT2D eigenvalue weighted by Gasteiger charge is 2.22. The molecule has 0 fully saturated rings. The number of methoxy groups -OCH3 is 1. The molecule has 0 bridgehead atoms. The predicted molar refractivity (Wildman–Crippen MR) is 73.4 cm³/mol. The van der Waals surface area contributed by atoms with E-state index < -0.39 is 5.97 Å². The highest BCUT2D eigenvalue weighted by molar-refractivity contribution is 6.31. The third-order valence-corrected chi connectivity index (χ3v) is 3.01. The Balaban J connectivity index is 3.00. The van der Waals surface area contributed by atoms with Crippen LogP contribution in [0.3, 0.4) is 0 Å². The summed E-state index contributed by atoms with van der Waals surface area (Å²) in [6.45, 7) is 6.10. The number of aromatic nitrogens is 1. The smallest absolute Gasteiger partial charge is 0.325 e. The Morgan fingerprint density at radius 3 is 2.58 bits per heavy atom. The normalized spacial score (nSPS) is 10.6. The lowest BCUT2D eigenvalue weighted by Crippen LogP contribution is -2.37. The minimum Gasteiger partial charge on any atom is -0.468 e. The van der Waals surface area contributed by atoms with Crippen molar-refractivity contribution in [3.05, 3.63) is 23.0 Å². The molecule has 0 aromatic carbocycles. The molecular weight excluding hydrogens is 268 g/mol. The zero-order valence-corrected chi connectivity index (χ0v) is 12.4. The number of halogens is 1. The summed E-state index contributed by atoms with van der Waals surface area (Å²) in [4.78, 5) is 25.1. The molecule has 0 N–H and O–H groups in total. The maximum absolute atomic E-state index is 12.4. The molecule has 6 heteroatoms. The van der Waals surface area contributed by atoms with Gasteiger partial charge in [-0.25, -0.2) is 0 Å². The second kappa shape index (κ2) is 6.61. The fraction of sp³-hybridized carbons (Fsp3) is 0.538. The van der Waals surface area contributed by atoms with Gasteiger partial charge in [-0.05, 0) is 26.8 Å². The number of hydrogen-bond acceptors (Lipinski definition) is 3. The zero-order valence-electron chi connectivity index (χ0n) is 11.6. The molecule has 0 aliphatic rings. The molecule has 0 saturated heterocycles. The Bertz CT molecular complexity index is 468. The van der Waals surface area contributed by atoms with Gasteiger partial charge in [0.1, 0.15) is 12.2 Å². The second-order valence-corrected chi connectivity index (χ2v) is 4.88. The highest BCUT2D eigenvalue weighted by atomic mass is 35.5. The summed E-state index contributed by atoms with van der Waals surface area (Å²) in [7, 11) is 1.30. The molecule has 0 atom stereocenters. The second-order valence-electron chi connectivity index (χ2n) is 4.44. The van der Waals surface area contributed by atoms with Crippen molar-refractivity contribution in [2.45, 2.75) is 26.8 Å². The summed E-state index contributed by atoms with van der Waals surface area (Å²) in [6, 6.07) is 1.73. The number of nitrogens with zero attached hydrogens (tertiary/aromatic N) is 2. The predicted octanol–water partition coefficient (Wildman–Crippen LogP) is 2.36. The molecule has 19 heavy (non-hydrogen) atoms. The number of carbonyl (C=O) groups is 2. The molecule has 1 amide bonds. The van der Waals surface area contributed by atoms with Crippen LogP contribution >= 0.6 is 11.6 Å². The first-order valence-electron chi connectivity index (χ1n) is 6.14. The molecule has 1 rings (SSSR count). The van der Waals surface area contributed by atoms with Gasteiger partial charge in [-0.15, -0.1) is 0 Å². The fourth-order valence-electron chi connectivity index (χ4n) is 1.75. The first-order chi connectivity index (χ1) is 8.90. The van der Waals surface area contributed by atoms with Crippen LogP contribution in [-0.2, 0) is 9.53 Å². The molecule has 1 aromatic rings. The van der Waals surface area contributed by atoms with Crippen LogP contribution in [0.5, 0.6) is 0 Å². The van der Waals surface area contributed by atoms with Gasteiger partial charge in [-0.3, -0.25) is 9.59 Å². The number of esters is 1. The summed E-state index contributed by atoms with van der Waals surface area (Å²) in [5.74, 6) is -0.669. The minimum absolute atomic E-state index is 0.0628.